The average Bonchev–Trinajstić information content (AvgIpc) is 1.85. The minimum atomic E-state index is -1.19. The summed E-state index contributed by atoms with van der Waals surface area (Å²) in [6.45, 7) is 5.18. The molecule has 0 unspecified atom stereocenters. The predicted octanol–water partition coefficient (Wildman–Crippen LogP) is 4.88. The van der Waals surface area contributed by atoms with Crippen LogP contribution in [0.2, 0.25) is 0 Å². The van der Waals surface area contributed by atoms with Gasteiger partial charge in [-0.15, -0.1) is 0 Å². The van der Waals surface area contributed by atoms with E-state index in [1.54, 1.807) is 0 Å². The van der Waals surface area contributed by atoms with Crippen molar-refractivity contribution in [3.63, 3.8) is 0 Å². The predicted molar refractivity (Wildman–Crippen MR) is 58.0 cm³/mol. The molecule has 0 radical (unpaired) electrons. The van der Waals surface area contributed by atoms with Crippen molar-refractivity contribution in [3.8, 4) is 0 Å². The van der Waals surface area contributed by atoms with Crippen molar-refractivity contribution < 1.29 is 4.74 Å². The first-order chi connectivity index (χ1) is 5.50. The van der Waals surface area contributed by atoms with Gasteiger partial charge in [0.05, 0.1) is 6.61 Å². The van der Waals surface area contributed by atoms with E-state index < -0.39 is 6.63 Å². The van der Waals surface area contributed by atoms with Gasteiger partial charge in [0.25, 0.3) is 0 Å². The van der Waals surface area contributed by atoms with E-state index in [2.05, 4.69) is 0 Å². The first kappa shape index (κ1) is 12.8. The molecule has 0 aromatic heterocycles. The Bertz CT molecular complexity index is 158. The molecule has 0 bridgehead atoms. The molecule has 0 spiro atoms. The van der Waals surface area contributed by atoms with E-state index in [1.807, 2.05) is 20.8 Å². The second kappa shape index (κ2) is 6.32. The minimum absolute atomic E-state index is 0.227. The van der Waals surface area contributed by atoms with Gasteiger partial charge in [0.1, 0.15) is 6.63 Å². The fourth-order valence-electron chi connectivity index (χ4n) is 0.689. The topological polar surface area (TPSA) is 9.23 Å². The Morgan fingerprint density at radius 1 is 1.42 bits per heavy atom. The van der Waals surface area contributed by atoms with Crippen molar-refractivity contribution >= 4 is 40.7 Å². The first-order valence-electron chi connectivity index (χ1n) is 3.64. The first-order valence-corrected chi connectivity index (χ1v) is 7.17. The van der Waals surface area contributed by atoms with Crippen molar-refractivity contribution in [1.82, 2.24) is 0 Å². The van der Waals surface area contributed by atoms with Crippen LogP contribution in [0.15, 0.2) is 10.5 Å². The Kier molecular flexibility index (Phi) is 6.76. The molecule has 1 nitrogen and oxygen atoms in total. The quantitative estimate of drug-likeness (QED) is 0.510. The van der Waals surface area contributed by atoms with Crippen LogP contribution in [0.25, 0.3) is 0 Å². The molecular weight excluding hydrogens is 237 g/mol. The lowest BCUT2D eigenvalue weighted by Gasteiger charge is -2.14. The van der Waals surface area contributed by atoms with Crippen LogP contribution in [0.4, 0.5) is 0 Å². The average molecular weight is 250 g/mol. The van der Waals surface area contributed by atoms with Gasteiger partial charge in [-0.05, 0) is 24.4 Å². The Morgan fingerprint density at radius 2 is 1.92 bits per heavy atom. The molecule has 0 aromatic carbocycles. The van der Waals surface area contributed by atoms with E-state index in [9.17, 15) is 0 Å². The van der Waals surface area contributed by atoms with Crippen molar-refractivity contribution in [2.45, 2.75) is 20.8 Å². The third-order valence-corrected chi connectivity index (χ3v) is 3.82. The van der Waals surface area contributed by atoms with E-state index in [-0.39, 0.29) is 5.92 Å². The molecule has 12 heavy (non-hydrogen) atoms. The highest BCUT2D eigenvalue weighted by molar-refractivity contribution is 8.06. The van der Waals surface area contributed by atoms with Crippen molar-refractivity contribution in [2.24, 2.45) is 5.92 Å². The molecule has 5 heteroatoms. The summed E-state index contributed by atoms with van der Waals surface area (Å²) in [6, 6.07) is 0. The molecule has 0 aromatic rings. The molecular formula is C7H12Cl3OP. The number of halogens is 3. The fourth-order valence-corrected chi connectivity index (χ4v) is 3.75. The van der Waals surface area contributed by atoms with Gasteiger partial charge < -0.3 is 4.74 Å². The highest BCUT2D eigenvalue weighted by Crippen LogP contribution is 2.58. The van der Waals surface area contributed by atoms with E-state index in [0.717, 1.165) is 5.31 Å². The van der Waals surface area contributed by atoms with Gasteiger partial charge in [-0.2, -0.15) is 0 Å². The van der Waals surface area contributed by atoms with E-state index in [1.165, 1.54) is 0 Å². The van der Waals surface area contributed by atoms with Crippen LogP contribution in [-0.4, -0.2) is 6.61 Å². The lowest BCUT2D eigenvalue weighted by atomic mass is 10.2. The fraction of sp³-hybridized carbons (Fsp3) is 0.714. The summed E-state index contributed by atoms with van der Waals surface area (Å²) in [5, 5.41) is 1.15. The normalized spacial score (nSPS) is 13.7. The van der Waals surface area contributed by atoms with Crippen LogP contribution in [0.1, 0.15) is 20.8 Å². The zero-order valence-electron chi connectivity index (χ0n) is 7.27. The SMILES string of the molecule is CCO/C(Cl)=C(\C(C)C)P(Cl)Cl. The van der Waals surface area contributed by atoms with Gasteiger partial charge in [0, 0.05) is 5.31 Å². The van der Waals surface area contributed by atoms with Crippen molar-refractivity contribution in [3.05, 3.63) is 10.5 Å². The van der Waals surface area contributed by atoms with E-state index >= 15 is 0 Å². The highest BCUT2D eigenvalue weighted by Gasteiger charge is 2.17. The van der Waals surface area contributed by atoms with Crippen LogP contribution in [-0.2, 0) is 4.74 Å². The molecule has 72 valence electrons. The second-order valence-electron chi connectivity index (χ2n) is 2.48. The summed E-state index contributed by atoms with van der Waals surface area (Å²) >= 11 is 17.4. The third-order valence-electron chi connectivity index (χ3n) is 1.20. The number of allylic oxidation sites excluding steroid dienone is 1. The number of hydrogen-bond donors (Lipinski definition) is 0. The monoisotopic (exact) mass is 248 g/mol. The van der Waals surface area contributed by atoms with E-state index in [4.69, 9.17) is 38.8 Å². The Hall–Kier alpha value is 0.840. The molecule has 0 amide bonds. The molecule has 0 atom stereocenters. The summed E-state index contributed by atoms with van der Waals surface area (Å²) in [5.74, 6) is 0.227. The zero-order chi connectivity index (χ0) is 9.72. The molecule has 0 aliphatic rings. The molecule has 0 saturated heterocycles. The van der Waals surface area contributed by atoms with Crippen LogP contribution >= 0.6 is 40.7 Å². The van der Waals surface area contributed by atoms with Crippen LogP contribution in [0.5, 0.6) is 0 Å². The van der Waals surface area contributed by atoms with Gasteiger partial charge >= 0.3 is 0 Å². The van der Waals surface area contributed by atoms with Gasteiger partial charge in [0.2, 0.25) is 0 Å². The maximum atomic E-state index is 5.84. The summed E-state index contributed by atoms with van der Waals surface area (Å²) in [6.07, 6.45) is 0. The smallest absolute Gasteiger partial charge is 0.193 e. The van der Waals surface area contributed by atoms with E-state index in [0.29, 0.717) is 11.8 Å². The van der Waals surface area contributed by atoms with Gasteiger partial charge in [-0.3, -0.25) is 0 Å². The summed E-state index contributed by atoms with van der Waals surface area (Å²) in [5.41, 5.74) is 0. The Labute approximate surface area is 89.3 Å². The molecule has 0 saturated carbocycles. The third kappa shape index (κ3) is 4.18. The lowest BCUT2D eigenvalue weighted by molar-refractivity contribution is 0.251. The van der Waals surface area contributed by atoms with Crippen molar-refractivity contribution in [1.29, 1.82) is 0 Å². The van der Waals surface area contributed by atoms with Crippen LogP contribution < -0.4 is 0 Å². The molecule has 0 N–H and O–H groups in total. The zero-order valence-corrected chi connectivity index (χ0v) is 10.4. The molecule has 0 fully saturated rings. The summed E-state index contributed by atoms with van der Waals surface area (Å²) in [4.78, 5) is 0. The largest absolute Gasteiger partial charge is 0.483 e. The Morgan fingerprint density at radius 3 is 2.17 bits per heavy atom. The molecule has 0 heterocycles. The van der Waals surface area contributed by atoms with Crippen molar-refractivity contribution in [2.75, 3.05) is 6.61 Å². The van der Waals surface area contributed by atoms with Gasteiger partial charge in [0.15, 0.2) is 5.22 Å². The standard InChI is InChI=1S/C7H12Cl3OP/c1-4-11-7(8)6(5(2)3)12(9)10/h5H,4H2,1-3H3/b7-6+. The maximum Gasteiger partial charge on any atom is 0.193 e. The number of hydrogen-bond acceptors (Lipinski definition) is 1. The van der Waals surface area contributed by atoms with Crippen LogP contribution in [0.3, 0.4) is 0 Å². The molecule has 0 aliphatic carbocycles. The number of rotatable bonds is 4. The van der Waals surface area contributed by atoms with Gasteiger partial charge in [-0.25, -0.2) is 0 Å². The summed E-state index contributed by atoms with van der Waals surface area (Å²) in [7, 11) is 0. The van der Waals surface area contributed by atoms with Crippen LogP contribution in [0, 0.1) is 5.92 Å². The summed E-state index contributed by atoms with van der Waals surface area (Å²) < 4.78 is 5.12. The Balaban J connectivity index is 4.56. The second-order valence-corrected chi connectivity index (χ2v) is 6.32. The maximum absolute atomic E-state index is 5.84. The molecule has 0 rings (SSSR count). The minimum Gasteiger partial charge on any atom is -0.483 e. The number of ether oxygens (including phenoxy) is 1. The highest BCUT2D eigenvalue weighted by atomic mass is 35.9. The molecule has 0 aliphatic heterocycles. The van der Waals surface area contributed by atoms with Gasteiger partial charge in [-0.1, -0.05) is 36.3 Å². The lowest BCUT2D eigenvalue weighted by Crippen LogP contribution is -1.95.